The maximum atomic E-state index is 13.8. The summed E-state index contributed by atoms with van der Waals surface area (Å²) in [6.07, 6.45) is 2.67. The molecule has 3 atom stereocenters. The van der Waals surface area contributed by atoms with Crippen molar-refractivity contribution >= 4 is 51.3 Å². The molecule has 1 aliphatic heterocycles. The molecule has 312 valence electrons. The number of primary sulfonamides is 1. The number of hydrogen-bond acceptors (Lipinski definition) is 14. The summed E-state index contributed by atoms with van der Waals surface area (Å²) >= 11 is 6.11. The number of sulfonamides is 1. The summed E-state index contributed by atoms with van der Waals surface area (Å²) in [6.45, 7) is 2.43. The highest BCUT2D eigenvalue weighted by atomic mass is 35.5. The van der Waals surface area contributed by atoms with E-state index in [0.717, 1.165) is 23.1 Å². The van der Waals surface area contributed by atoms with Crippen LogP contribution < -0.4 is 10.5 Å². The Bertz CT molecular complexity index is 1970. The van der Waals surface area contributed by atoms with Gasteiger partial charge >= 0.3 is 24.0 Å². The van der Waals surface area contributed by atoms with Crippen LogP contribution in [0, 0.1) is 11.6 Å². The fourth-order valence-corrected chi connectivity index (χ4v) is 6.95. The summed E-state index contributed by atoms with van der Waals surface area (Å²) in [7, 11) is -4.22. The van der Waals surface area contributed by atoms with E-state index in [9.17, 15) is 41.5 Å². The number of carbonyl (C=O) groups excluding carboxylic acids is 4. The normalized spacial score (nSPS) is 18.1. The van der Waals surface area contributed by atoms with Crippen molar-refractivity contribution in [2.75, 3.05) is 31.9 Å². The summed E-state index contributed by atoms with van der Waals surface area (Å²) in [5.41, 5.74) is -0.0820. The van der Waals surface area contributed by atoms with Crippen LogP contribution in [0.25, 0.3) is 0 Å². The number of rotatable bonds is 19. The first-order valence-corrected chi connectivity index (χ1v) is 19.8. The lowest BCUT2D eigenvalue weighted by atomic mass is 9.94. The van der Waals surface area contributed by atoms with Gasteiger partial charge in [-0.15, -0.1) is 0 Å². The monoisotopic (exact) mass is 843 g/mol. The first kappa shape index (κ1) is 44.9. The molecule has 2 heterocycles. The Morgan fingerprint density at radius 1 is 0.947 bits per heavy atom. The first-order valence-electron chi connectivity index (χ1n) is 17.9. The van der Waals surface area contributed by atoms with Gasteiger partial charge in [-0.3, -0.25) is 14.5 Å². The maximum absolute atomic E-state index is 13.8. The van der Waals surface area contributed by atoms with Crippen LogP contribution in [-0.4, -0.2) is 81.1 Å². The van der Waals surface area contributed by atoms with Crippen molar-refractivity contribution in [3.63, 3.8) is 0 Å². The topological polar surface area (TPSA) is 223 Å². The highest BCUT2D eigenvalue weighted by Crippen LogP contribution is 2.36. The number of nitrogens with two attached hydrogens (primary N) is 1. The Balaban J connectivity index is 1.08. The van der Waals surface area contributed by atoms with E-state index in [1.165, 1.54) is 19.3 Å². The van der Waals surface area contributed by atoms with E-state index in [-0.39, 0.29) is 67.5 Å². The third-order valence-electron chi connectivity index (χ3n) is 8.82. The Hall–Kier alpha value is -4.82. The molecule has 2 aromatic carbocycles. The van der Waals surface area contributed by atoms with Gasteiger partial charge in [0.15, 0.2) is 0 Å². The predicted molar refractivity (Wildman–Crippen MR) is 197 cm³/mol. The standard InChI is InChI=1S/C37H44ClF2N3O13S/c1-23-21-56-37(48,25-15-26(39)17-27(40)16-25)24(2)43(23)36(47)55-22-54-34(45)11-7-10-33(44)52-12-5-3-4-6-13-53-35(46)29-18-32(57(41,49)50)30(38)19-31(29)42-20-28-9-8-14-51-28/h8-9,14-19,23-24,42,48H,3-7,10-13,20-22H2,1-2H3,(H2,41,49,50)/t23-,24+,37-/m1/s1. The lowest BCUT2D eigenvalue weighted by molar-refractivity contribution is -0.280. The number of nitrogens with zero attached hydrogens (tertiary/aromatic N) is 1. The zero-order valence-electron chi connectivity index (χ0n) is 31.2. The van der Waals surface area contributed by atoms with Crippen molar-refractivity contribution in [3.8, 4) is 0 Å². The van der Waals surface area contributed by atoms with Gasteiger partial charge in [0.25, 0.3) is 0 Å². The molecule has 1 fully saturated rings. The molecule has 4 rings (SSSR count). The first-order chi connectivity index (χ1) is 27.0. The van der Waals surface area contributed by atoms with Crippen molar-refractivity contribution in [1.82, 2.24) is 4.90 Å². The second kappa shape index (κ2) is 20.6. The van der Waals surface area contributed by atoms with Gasteiger partial charge in [0.2, 0.25) is 22.6 Å². The third-order valence-corrected chi connectivity index (χ3v) is 10.2. The molecule has 57 heavy (non-hydrogen) atoms. The molecule has 0 radical (unpaired) electrons. The molecule has 0 saturated carbocycles. The van der Waals surface area contributed by atoms with E-state index in [0.29, 0.717) is 37.5 Å². The Kier molecular flexibility index (Phi) is 16.2. The molecule has 1 aliphatic rings. The SMILES string of the molecule is C[C@@H]1CO[C@@](O)(c2cc(F)cc(F)c2)[C@H](C)N1C(=O)OCOC(=O)CCCC(=O)OCCCCCCOC(=O)c1cc(S(N)(=O)=O)c(Cl)cc1NCc1ccco1. The van der Waals surface area contributed by atoms with Crippen molar-refractivity contribution in [2.45, 2.75) is 88.1 Å². The van der Waals surface area contributed by atoms with Gasteiger partial charge in [-0.05, 0) is 82.3 Å². The molecule has 3 aromatic rings. The molecule has 0 unspecified atom stereocenters. The number of amides is 1. The van der Waals surface area contributed by atoms with E-state index in [1.807, 2.05) is 0 Å². The van der Waals surface area contributed by atoms with Crippen LogP contribution in [0.15, 0.2) is 58.0 Å². The quantitative estimate of drug-likeness (QED) is 0.0588. The van der Waals surface area contributed by atoms with E-state index in [1.54, 1.807) is 19.1 Å². The summed E-state index contributed by atoms with van der Waals surface area (Å²) in [5, 5.41) is 19.2. The zero-order valence-corrected chi connectivity index (χ0v) is 32.7. The van der Waals surface area contributed by atoms with Crippen molar-refractivity contribution in [2.24, 2.45) is 5.14 Å². The Morgan fingerprint density at radius 2 is 1.60 bits per heavy atom. The molecule has 1 aromatic heterocycles. The highest BCUT2D eigenvalue weighted by Gasteiger charge is 2.49. The second-order valence-corrected chi connectivity index (χ2v) is 15.0. The number of hydrogen-bond donors (Lipinski definition) is 3. The van der Waals surface area contributed by atoms with Crippen molar-refractivity contribution in [3.05, 3.63) is 82.3 Å². The van der Waals surface area contributed by atoms with E-state index in [4.69, 9.17) is 44.8 Å². The lowest BCUT2D eigenvalue weighted by Crippen LogP contribution is -2.62. The number of benzene rings is 2. The number of halogens is 3. The average Bonchev–Trinajstić information content (AvgIpc) is 3.66. The number of nitrogens with one attached hydrogen (secondary N) is 1. The summed E-state index contributed by atoms with van der Waals surface area (Å²) < 4.78 is 82.9. The molecule has 0 spiro atoms. The minimum atomic E-state index is -4.22. The van der Waals surface area contributed by atoms with Gasteiger partial charge in [-0.25, -0.2) is 31.9 Å². The van der Waals surface area contributed by atoms with Crippen LogP contribution in [0.3, 0.4) is 0 Å². The smallest absolute Gasteiger partial charge is 0.413 e. The molecule has 16 nitrogen and oxygen atoms in total. The predicted octanol–water partition coefficient (Wildman–Crippen LogP) is 5.49. The van der Waals surface area contributed by atoms with E-state index < -0.39 is 75.2 Å². The molecule has 20 heteroatoms. The maximum Gasteiger partial charge on any atom is 0.413 e. The zero-order chi connectivity index (χ0) is 41.8. The summed E-state index contributed by atoms with van der Waals surface area (Å²) in [5.74, 6) is -5.62. The molecule has 1 saturated heterocycles. The number of carbonyl (C=O) groups is 4. The van der Waals surface area contributed by atoms with Gasteiger partial charge in [0, 0.05) is 24.5 Å². The van der Waals surface area contributed by atoms with E-state index >= 15 is 0 Å². The Morgan fingerprint density at radius 3 is 2.23 bits per heavy atom. The molecular weight excluding hydrogens is 800 g/mol. The third kappa shape index (κ3) is 12.8. The van der Waals surface area contributed by atoms with Crippen LogP contribution >= 0.6 is 11.6 Å². The number of ether oxygens (including phenoxy) is 5. The van der Waals surface area contributed by atoms with Crippen LogP contribution in [0.2, 0.25) is 5.02 Å². The number of esters is 3. The highest BCUT2D eigenvalue weighted by molar-refractivity contribution is 7.89. The minimum Gasteiger partial charge on any atom is -0.467 e. The molecular formula is C37H44ClF2N3O13S. The van der Waals surface area contributed by atoms with Crippen LogP contribution in [0.1, 0.15) is 80.5 Å². The fourth-order valence-electron chi connectivity index (χ4n) is 5.85. The number of aliphatic hydroxyl groups is 1. The number of unbranched alkanes of at least 4 members (excludes halogenated alkanes) is 3. The Labute approximate surface area is 332 Å². The van der Waals surface area contributed by atoms with Crippen LogP contribution in [0.4, 0.5) is 19.3 Å². The van der Waals surface area contributed by atoms with Gasteiger partial charge in [-0.1, -0.05) is 11.6 Å². The van der Waals surface area contributed by atoms with Crippen LogP contribution in [0.5, 0.6) is 0 Å². The average molecular weight is 844 g/mol. The van der Waals surface area contributed by atoms with Crippen molar-refractivity contribution < 1.29 is 69.6 Å². The van der Waals surface area contributed by atoms with Crippen molar-refractivity contribution in [1.29, 1.82) is 0 Å². The lowest BCUT2D eigenvalue weighted by Gasteiger charge is -2.47. The van der Waals surface area contributed by atoms with Gasteiger partial charge in [0.05, 0.1) is 61.0 Å². The summed E-state index contributed by atoms with van der Waals surface area (Å²) in [4.78, 5) is 50.7. The molecule has 0 bridgehead atoms. The summed E-state index contributed by atoms with van der Waals surface area (Å²) in [6, 6.07) is 6.40. The fraction of sp³-hybridized carbons (Fsp3) is 0.459. The van der Waals surface area contributed by atoms with Gasteiger partial charge in [0.1, 0.15) is 22.3 Å². The second-order valence-electron chi connectivity index (χ2n) is 13.1. The number of morpholine rings is 1. The molecule has 0 aliphatic carbocycles. The number of anilines is 1. The number of furan rings is 1. The van der Waals surface area contributed by atoms with Gasteiger partial charge < -0.3 is 38.5 Å². The van der Waals surface area contributed by atoms with Gasteiger partial charge in [-0.2, -0.15) is 0 Å². The molecule has 4 N–H and O–H groups in total. The van der Waals surface area contributed by atoms with E-state index in [2.05, 4.69) is 5.32 Å². The molecule has 1 amide bonds. The minimum absolute atomic E-state index is 0.0343. The van der Waals surface area contributed by atoms with Crippen LogP contribution in [-0.2, 0) is 55.6 Å². The largest absolute Gasteiger partial charge is 0.467 e.